The number of nitrogens with one attached hydrogen (secondary N) is 3. The Morgan fingerprint density at radius 1 is 0.896 bits per heavy atom. The van der Waals surface area contributed by atoms with Crippen molar-refractivity contribution in [3.8, 4) is 11.5 Å². The third-order valence-corrected chi connectivity index (χ3v) is 12.0. The first-order valence-electron chi connectivity index (χ1n) is 22.1. The number of nitrogens with zero attached hydrogens (tertiary/aromatic N) is 7. The smallest absolute Gasteiger partial charge is 0.279 e. The molecule has 17 heteroatoms. The number of methoxy groups -OCH3 is 1. The molecule has 2 aliphatic heterocycles. The highest BCUT2D eigenvalue weighted by Gasteiger charge is 2.43. The number of rotatable bonds is 15. The van der Waals surface area contributed by atoms with E-state index < -0.39 is 11.4 Å². The second-order valence-electron chi connectivity index (χ2n) is 18.6. The molecule has 1 fully saturated rings. The van der Waals surface area contributed by atoms with Crippen LogP contribution in [0, 0.1) is 0 Å². The molecule has 2 aromatic carbocycles. The second kappa shape index (κ2) is 18.0. The molecular weight excluding hydrogens is 853 g/mol. The van der Waals surface area contributed by atoms with E-state index in [1.165, 1.54) is 7.11 Å². The summed E-state index contributed by atoms with van der Waals surface area (Å²) >= 11 is 0. The van der Waals surface area contributed by atoms with Crippen molar-refractivity contribution in [2.45, 2.75) is 71.0 Å². The van der Waals surface area contributed by atoms with Crippen LogP contribution in [0.15, 0.2) is 90.5 Å². The van der Waals surface area contributed by atoms with Gasteiger partial charge in [0.1, 0.15) is 11.4 Å². The van der Waals surface area contributed by atoms with Gasteiger partial charge in [-0.1, -0.05) is 24.3 Å². The fraction of sp³-hybridized carbons (Fsp3) is 0.340. The van der Waals surface area contributed by atoms with Gasteiger partial charge in [0.15, 0.2) is 23.1 Å². The summed E-state index contributed by atoms with van der Waals surface area (Å²) in [5.74, 6) is -0.278. The lowest BCUT2D eigenvalue weighted by Crippen LogP contribution is -2.45. The fourth-order valence-corrected chi connectivity index (χ4v) is 8.55. The summed E-state index contributed by atoms with van der Waals surface area (Å²) in [6, 6.07) is 14.6. The second-order valence-corrected chi connectivity index (χ2v) is 18.6. The molecule has 6 heterocycles. The molecule has 17 nitrogen and oxygen atoms in total. The number of anilines is 2. The lowest BCUT2D eigenvalue weighted by atomic mass is 9.99. The maximum atomic E-state index is 13.8. The van der Waals surface area contributed by atoms with E-state index in [1.807, 2.05) is 25.1 Å². The predicted octanol–water partition coefficient (Wildman–Crippen LogP) is 6.99. The Kier molecular flexibility index (Phi) is 12.4. The van der Waals surface area contributed by atoms with E-state index in [1.54, 1.807) is 99.6 Å². The summed E-state index contributed by atoms with van der Waals surface area (Å²) < 4.78 is 18.0. The van der Waals surface area contributed by atoms with Crippen LogP contribution in [0.1, 0.15) is 100 Å². The van der Waals surface area contributed by atoms with Gasteiger partial charge in [0.05, 0.1) is 41.7 Å². The molecule has 0 unspecified atom stereocenters. The minimum absolute atomic E-state index is 0.0432. The quantitative estimate of drug-likeness (QED) is 0.0555. The Balaban J connectivity index is 0.838. The topological polar surface area (TPSA) is 188 Å². The van der Waals surface area contributed by atoms with Gasteiger partial charge >= 0.3 is 0 Å². The predicted molar refractivity (Wildman–Crippen MR) is 256 cm³/mol. The van der Waals surface area contributed by atoms with Gasteiger partial charge in [-0.3, -0.25) is 33.5 Å². The van der Waals surface area contributed by atoms with E-state index in [0.717, 1.165) is 22.0 Å². The zero-order chi connectivity index (χ0) is 47.9. The number of fused-ring (bicyclic) bond motifs is 3. The number of aryl methyl sites for hydroxylation is 3. The molecule has 1 saturated heterocycles. The highest BCUT2D eigenvalue weighted by atomic mass is 16.5. The first kappa shape index (κ1) is 46.0. The Morgan fingerprint density at radius 2 is 1.67 bits per heavy atom. The summed E-state index contributed by atoms with van der Waals surface area (Å²) in [5, 5.41) is 10.1. The van der Waals surface area contributed by atoms with Crippen molar-refractivity contribution in [3.05, 3.63) is 119 Å². The highest BCUT2D eigenvalue weighted by molar-refractivity contribution is 6.07. The van der Waals surface area contributed by atoms with Crippen molar-refractivity contribution in [1.29, 1.82) is 0 Å². The van der Waals surface area contributed by atoms with Crippen molar-refractivity contribution in [2.75, 3.05) is 30.9 Å². The molecular formula is C50H56N10O7. The van der Waals surface area contributed by atoms with Gasteiger partial charge in [-0.2, -0.15) is 0 Å². The number of carbonyl (C=O) groups is 5. The minimum atomic E-state index is -0.555. The lowest BCUT2D eigenvalue weighted by molar-refractivity contribution is -0.116. The molecule has 348 valence electrons. The van der Waals surface area contributed by atoms with Crippen LogP contribution in [-0.4, -0.2) is 95.1 Å². The maximum absolute atomic E-state index is 13.8. The molecule has 67 heavy (non-hydrogen) atoms. The van der Waals surface area contributed by atoms with Crippen LogP contribution < -0.4 is 25.4 Å². The van der Waals surface area contributed by atoms with Crippen LogP contribution in [0.3, 0.4) is 0 Å². The van der Waals surface area contributed by atoms with Crippen LogP contribution in [0.2, 0.25) is 0 Å². The third kappa shape index (κ3) is 9.72. The Bertz CT molecular complexity index is 3010. The molecule has 3 amide bonds. The van der Waals surface area contributed by atoms with Gasteiger partial charge in [-0.15, -0.1) is 0 Å². The molecule has 0 spiro atoms. The number of carbonyl (C=O) groups excluding carboxylic acids is 5. The number of hydrogen-bond donors (Lipinski definition) is 3. The third-order valence-electron chi connectivity index (χ3n) is 12.0. The van der Waals surface area contributed by atoms with E-state index in [9.17, 15) is 24.0 Å². The molecule has 6 aromatic rings. The monoisotopic (exact) mass is 908 g/mol. The Labute approximate surface area is 388 Å². The SMILES string of the molecule is C=C1CN2C(=O)c3cc(OC)c(OCCCC(=O)Nc4cn(C)c(C(=O)Cc5cc(C(=O)Nc6cc(C(=O)n7ccc8ccc(CNC(C)(C)C)cc87)n(C)c6)n(C)c5)n4)cc3N=C[C@]2(C)C1. The number of Topliss-reactive ketones (excluding diaryl/α,β-unsaturated/α-hetero) is 1. The fourth-order valence-electron chi connectivity index (χ4n) is 8.55. The molecule has 0 saturated carbocycles. The van der Waals surface area contributed by atoms with Crippen LogP contribution in [-0.2, 0) is 38.9 Å². The van der Waals surface area contributed by atoms with Crippen molar-refractivity contribution in [3.63, 3.8) is 0 Å². The maximum Gasteiger partial charge on any atom is 0.279 e. The van der Waals surface area contributed by atoms with E-state index in [-0.39, 0.29) is 60.1 Å². The Morgan fingerprint density at radius 3 is 2.43 bits per heavy atom. The van der Waals surface area contributed by atoms with E-state index in [0.29, 0.717) is 71.3 Å². The number of ether oxygens (including phenoxy) is 2. The molecule has 0 radical (unpaired) electrons. The highest BCUT2D eigenvalue weighted by Crippen LogP contribution is 2.41. The van der Waals surface area contributed by atoms with Gasteiger partial charge in [-0.25, -0.2) is 4.98 Å². The summed E-state index contributed by atoms with van der Waals surface area (Å²) in [7, 11) is 6.63. The van der Waals surface area contributed by atoms with Crippen LogP contribution in [0.5, 0.6) is 11.5 Å². The number of benzene rings is 2. The molecule has 2 aliphatic rings. The number of aromatic nitrogens is 5. The summed E-state index contributed by atoms with van der Waals surface area (Å²) in [5.41, 5.74) is 4.85. The Hall–Kier alpha value is -7.53. The number of imidazole rings is 1. The van der Waals surface area contributed by atoms with Crippen molar-refractivity contribution in [1.82, 2.24) is 33.5 Å². The number of ketones is 1. The van der Waals surface area contributed by atoms with Gasteiger partial charge in [0, 0.05) is 95.1 Å². The number of aliphatic imine (C=N–C) groups is 1. The summed E-state index contributed by atoms with van der Waals surface area (Å²) in [6.07, 6.45) is 9.56. The van der Waals surface area contributed by atoms with Crippen molar-refractivity contribution < 1.29 is 33.4 Å². The molecule has 0 bridgehead atoms. The lowest BCUT2D eigenvalue weighted by Gasteiger charge is -2.29. The van der Waals surface area contributed by atoms with E-state index >= 15 is 0 Å². The standard InChI is InChI=1S/C50H56N10O7/c1-30-23-50(5)29-51-36-22-42(41(66-9)21-35(36)47(64)60(50)25-30)67-16-10-11-44(62)54-43-28-58(8)45(55-43)40(61)19-32-18-38(56(6)26-32)46(63)53-34-20-39(57(7)27-34)48(65)59-15-14-33-13-12-31(17-37(33)59)24-52-49(2,3)4/h12-15,17-18,20-22,26-29,52H,1,10-11,16,19,23-25H2,2-9H3,(H,53,63)(H,54,62)/t50-/m0/s1. The van der Waals surface area contributed by atoms with Gasteiger partial charge in [0.25, 0.3) is 17.7 Å². The molecule has 8 rings (SSSR count). The number of amides is 3. The van der Waals surface area contributed by atoms with Gasteiger partial charge in [0.2, 0.25) is 11.7 Å². The van der Waals surface area contributed by atoms with Crippen LogP contribution in [0.4, 0.5) is 17.2 Å². The largest absolute Gasteiger partial charge is 0.493 e. The van der Waals surface area contributed by atoms with E-state index in [2.05, 4.69) is 59.3 Å². The first-order chi connectivity index (χ1) is 31.8. The minimum Gasteiger partial charge on any atom is -0.493 e. The van der Waals surface area contributed by atoms with Gasteiger partial charge < -0.3 is 44.0 Å². The van der Waals surface area contributed by atoms with Crippen LogP contribution >= 0.6 is 0 Å². The summed E-state index contributed by atoms with van der Waals surface area (Å²) in [4.78, 5) is 78.1. The zero-order valence-electron chi connectivity index (χ0n) is 39.2. The number of hydrogen-bond acceptors (Lipinski definition) is 10. The molecule has 1 atom stereocenters. The average Bonchev–Trinajstić information content (AvgIpc) is 4.09. The zero-order valence-corrected chi connectivity index (χ0v) is 39.2. The molecule has 3 N–H and O–H groups in total. The van der Waals surface area contributed by atoms with Gasteiger partial charge in [-0.05, 0) is 82.0 Å². The van der Waals surface area contributed by atoms with E-state index in [4.69, 9.17) is 9.47 Å². The van der Waals surface area contributed by atoms with Crippen molar-refractivity contribution >= 4 is 63.7 Å². The first-order valence-corrected chi connectivity index (χ1v) is 22.1. The molecule has 4 aromatic heterocycles. The summed E-state index contributed by atoms with van der Waals surface area (Å²) in [6.45, 7) is 13.7. The normalized spacial score (nSPS) is 15.7. The van der Waals surface area contributed by atoms with Crippen molar-refractivity contribution in [2.24, 2.45) is 26.1 Å². The van der Waals surface area contributed by atoms with Crippen LogP contribution in [0.25, 0.3) is 10.9 Å². The average molecular weight is 909 g/mol. The molecule has 0 aliphatic carbocycles.